The number of amides is 2. The molecule has 4 aromatic rings. The molecule has 1 aliphatic heterocycles. The van der Waals surface area contributed by atoms with Gasteiger partial charge in [0.05, 0.1) is 17.9 Å². The number of benzene rings is 1. The number of hydrogen-bond acceptors (Lipinski definition) is 10. The summed E-state index contributed by atoms with van der Waals surface area (Å²) in [4.78, 5) is 41.2. The molecule has 0 saturated carbocycles. The van der Waals surface area contributed by atoms with Gasteiger partial charge in [-0.05, 0) is 77.3 Å². The second kappa shape index (κ2) is 15.1. The van der Waals surface area contributed by atoms with E-state index < -0.39 is 11.6 Å². The smallest absolute Gasteiger partial charge is 0.320 e. The molecule has 2 N–H and O–H groups in total. The summed E-state index contributed by atoms with van der Waals surface area (Å²) < 4.78 is 14.1. The van der Waals surface area contributed by atoms with E-state index in [-0.39, 0.29) is 34.7 Å². The molecule has 13 nitrogen and oxygen atoms in total. The number of aromatic nitrogens is 5. The van der Waals surface area contributed by atoms with Crippen LogP contribution in [-0.2, 0) is 15.8 Å². The molecule has 2 aliphatic rings. The van der Waals surface area contributed by atoms with Gasteiger partial charge in [0.2, 0.25) is 0 Å². The molecule has 0 spiro atoms. The number of rotatable bonds is 11. The topological polar surface area (TPSA) is 139 Å². The van der Waals surface area contributed by atoms with Gasteiger partial charge in [-0.1, -0.05) is 45.0 Å². The number of pyridine rings is 1. The van der Waals surface area contributed by atoms with Crippen LogP contribution in [0.2, 0.25) is 0 Å². The second-order valence-corrected chi connectivity index (χ2v) is 16.5. The highest BCUT2D eigenvalue weighted by Crippen LogP contribution is 2.39. The zero-order valence-electron chi connectivity index (χ0n) is 32.7. The number of nitrogens with one attached hydrogen (secondary N) is 2. The van der Waals surface area contributed by atoms with Crippen molar-refractivity contribution in [2.24, 2.45) is 0 Å². The van der Waals surface area contributed by atoms with Gasteiger partial charge in [-0.15, -0.1) is 10.2 Å². The predicted octanol–water partition coefficient (Wildman–Crippen LogP) is 6.46. The van der Waals surface area contributed by atoms with Gasteiger partial charge < -0.3 is 19.7 Å². The van der Waals surface area contributed by atoms with Gasteiger partial charge in [0, 0.05) is 56.7 Å². The Bertz CT molecular complexity index is 1940. The molecule has 0 unspecified atom stereocenters. The Morgan fingerprint density at radius 2 is 1.62 bits per heavy atom. The molecule has 2 atom stereocenters. The zero-order chi connectivity index (χ0) is 38.1. The maximum Gasteiger partial charge on any atom is 0.320 e. The molecule has 4 heterocycles. The number of urea groups is 1. The van der Waals surface area contributed by atoms with Crippen LogP contribution >= 0.6 is 0 Å². The van der Waals surface area contributed by atoms with Crippen LogP contribution in [0.1, 0.15) is 120 Å². The van der Waals surface area contributed by atoms with Crippen LogP contribution in [0, 0.1) is 0 Å². The van der Waals surface area contributed by atoms with Crippen LogP contribution in [0.15, 0.2) is 48.7 Å². The van der Waals surface area contributed by atoms with Gasteiger partial charge in [-0.25, -0.2) is 14.8 Å². The lowest BCUT2D eigenvalue weighted by molar-refractivity contribution is 0.0106. The van der Waals surface area contributed by atoms with Crippen LogP contribution in [0.4, 0.5) is 10.6 Å². The summed E-state index contributed by atoms with van der Waals surface area (Å²) >= 11 is 0. The first-order valence-corrected chi connectivity index (χ1v) is 18.6. The van der Waals surface area contributed by atoms with Crippen molar-refractivity contribution in [2.45, 2.75) is 103 Å². The lowest BCUT2D eigenvalue weighted by atomic mass is 9.85. The largest absolute Gasteiger partial charge is 0.484 e. The van der Waals surface area contributed by atoms with E-state index in [4.69, 9.17) is 9.47 Å². The van der Waals surface area contributed by atoms with E-state index in [2.05, 4.69) is 61.5 Å². The van der Waals surface area contributed by atoms with Crippen molar-refractivity contribution >= 4 is 23.3 Å². The Morgan fingerprint density at radius 1 is 0.906 bits per heavy atom. The fourth-order valence-corrected chi connectivity index (χ4v) is 7.06. The molecule has 13 heteroatoms. The Kier molecular flexibility index (Phi) is 10.9. The average Bonchev–Trinajstić information content (AvgIpc) is 3.56. The van der Waals surface area contributed by atoms with E-state index >= 15 is 0 Å². The summed E-state index contributed by atoms with van der Waals surface area (Å²) in [6.45, 7) is 18.4. The number of carbonyl (C=O) groups excluding carboxylic acids is 2. The van der Waals surface area contributed by atoms with Crippen molar-refractivity contribution < 1.29 is 19.1 Å². The number of ketones is 1. The number of hydrogen-bond donors (Lipinski definition) is 2. The molecule has 1 aromatic carbocycles. The molecule has 1 saturated heterocycles. The highest BCUT2D eigenvalue weighted by molar-refractivity contribution is 5.94. The molecular weight excluding hydrogens is 670 g/mol. The highest BCUT2D eigenvalue weighted by Gasteiger charge is 2.32. The number of carbonyl (C=O) groups is 2. The van der Waals surface area contributed by atoms with Crippen molar-refractivity contribution in [2.75, 3.05) is 45.7 Å². The average molecular weight is 726 g/mol. The molecule has 6 rings (SSSR count). The van der Waals surface area contributed by atoms with Gasteiger partial charge in [0.1, 0.15) is 23.3 Å². The van der Waals surface area contributed by atoms with Crippen LogP contribution in [0.25, 0.3) is 5.65 Å². The lowest BCUT2D eigenvalue weighted by Gasteiger charge is -2.43. The first kappa shape index (κ1) is 38.3. The van der Waals surface area contributed by atoms with Crippen LogP contribution < -0.4 is 15.4 Å². The number of fused-ring (bicyclic) bond motifs is 2. The van der Waals surface area contributed by atoms with Crippen molar-refractivity contribution in [3.05, 3.63) is 77.1 Å². The molecule has 1 aliphatic carbocycles. The molecule has 1 fully saturated rings. The minimum atomic E-state index is -0.631. The number of nitrogens with zero attached hydrogens (tertiary/aromatic N) is 7. The van der Waals surface area contributed by atoms with Crippen molar-refractivity contribution in [1.82, 2.24) is 39.7 Å². The van der Waals surface area contributed by atoms with Crippen molar-refractivity contribution in [3.8, 4) is 5.75 Å². The minimum absolute atomic E-state index is 0.129. The quantitative estimate of drug-likeness (QED) is 0.166. The summed E-state index contributed by atoms with van der Waals surface area (Å²) in [5, 5.41) is 14.7. The number of likely N-dealkylation sites (N-methyl/N-ethyl adjacent to an activating group) is 1. The Morgan fingerprint density at radius 3 is 2.32 bits per heavy atom. The van der Waals surface area contributed by atoms with E-state index in [1.54, 1.807) is 13.2 Å². The lowest BCUT2D eigenvalue weighted by Crippen LogP contribution is -2.53. The second-order valence-electron chi connectivity index (χ2n) is 16.5. The van der Waals surface area contributed by atoms with E-state index in [1.165, 1.54) is 0 Å². The molecule has 0 bridgehead atoms. The maximum absolute atomic E-state index is 13.6. The molecule has 0 radical (unpaired) electrons. The summed E-state index contributed by atoms with van der Waals surface area (Å²) in [7, 11) is 3.79. The Balaban J connectivity index is 1.14. The van der Waals surface area contributed by atoms with Gasteiger partial charge >= 0.3 is 6.03 Å². The van der Waals surface area contributed by atoms with Crippen molar-refractivity contribution in [1.29, 1.82) is 0 Å². The third kappa shape index (κ3) is 8.69. The fourth-order valence-electron chi connectivity index (χ4n) is 7.06. The highest BCUT2D eigenvalue weighted by atomic mass is 16.5. The first-order valence-electron chi connectivity index (χ1n) is 18.6. The van der Waals surface area contributed by atoms with Crippen LogP contribution in [0.5, 0.6) is 5.75 Å². The first-order chi connectivity index (χ1) is 25.0. The van der Waals surface area contributed by atoms with E-state index in [1.807, 2.05) is 81.6 Å². The van der Waals surface area contributed by atoms with Gasteiger partial charge in [0.15, 0.2) is 23.1 Å². The minimum Gasteiger partial charge on any atom is -0.484 e. The standard InChI is InChI=1S/C40H55N9O4/c1-38(2,3)32-24-33(43-35(42-32)30(50)18-19-39(4,5)48-22-20-47(8)21-23-48)44-37(51)41-29-15-16-31(28-13-11-10-12-27(28)29)53-26-14-17-34-45-46-36(49(34)25-26)40(6,7)52-9/h10-14,17,24-25,29,31H,15-16,18-23H2,1-9H3,(H2,41,42,43,44,51)/t29-,31+/m0/s1. The number of ether oxygens (including phenoxy) is 2. The molecule has 2 amide bonds. The molecule has 53 heavy (non-hydrogen) atoms. The van der Waals surface area contributed by atoms with E-state index in [0.717, 1.165) is 37.3 Å². The van der Waals surface area contributed by atoms with E-state index in [9.17, 15) is 9.59 Å². The number of methoxy groups -OCH3 is 1. The van der Waals surface area contributed by atoms with Crippen molar-refractivity contribution in [3.63, 3.8) is 0 Å². The number of piperazine rings is 1. The summed E-state index contributed by atoms with van der Waals surface area (Å²) in [5.74, 6) is 1.67. The third-order valence-corrected chi connectivity index (χ3v) is 10.8. The molecular formula is C40H55N9O4. The van der Waals surface area contributed by atoms with Gasteiger partial charge in [0.25, 0.3) is 0 Å². The molecule has 3 aromatic heterocycles. The third-order valence-electron chi connectivity index (χ3n) is 10.8. The monoisotopic (exact) mass is 725 g/mol. The number of anilines is 1. The summed E-state index contributed by atoms with van der Waals surface area (Å²) in [5.41, 5.74) is 2.27. The van der Waals surface area contributed by atoms with Gasteiger partial charge in [-0.3, -0.25) is 19.4 Å². The summed E-state index contributed by atoms with van der Waals surface area (Å²) in [6.07, 6.45) is 4.04. The van der Waals surface area contributed by atoms with Crippen LogP contribution in [0.3, 0.4) is 0 Å². The normalized spacial score (nSPS) is 18.8. The Labute approximate surface area is 312 Å². The zero-order valence-corrected chi connectivity index (χ0v) is 32.7. The van der Waals surface area contributed by atoms with Crippen LogP contribution in [-0.4, -0.2) is 92.1 Å². The molecule has 284 valence electrons. The summed E-state index contributed by atoms with van der Waals surface area (Å²) in [6, 6.07) is 12.9. The van der Waals surface area contributed by atoms with E-state index in [0.29, 0.717) is 54.4 Å². The fraction of sp³-hybridized carbons (Fsp3) is 0.550. The predicted molar refractivity (Wildman–Crippen MR) is 204 cm³/mol. The Hall–Kier alpha value is -4.46. The van der Waals surface area contributed by atoms with Gasteiger partial charge in [-0.2, -0.15) is 0 Å². The number of Topliss-reactive ketones (excluding diaryl/α,β-unsaturated/α-hetero) is 1. The maximum atomic E-state index is 13.6. The SMILES string of the molecule is COC(C)(C)c1nnc2ccc(O[C@@H]3CC[C@H](NC(=O)Nc4cc(C(C)(C)C)nc(C(=O)CCC(C)(C)N5CCN(C)CC5)n4)c4ccccc43)cn12.